The van der Waals surface area contributed by atoms with E-state index in [4.69, 9.17) is 4.74 Å². The molecular formula is C15H14N2O5S. The number of ether oxygens (including phenoxy) is 1. The lowest BCUT2D eigenvalue weighted by molar-refractivity contribution is -0.384. The third-order valence-corrected chi connectivity index (χ3v) is 4.09. The van der Waals surface area contributed by atoms with Gasteiger partial charge in [-0.1, -0.05) is 0 Å². The molecule has 1 aromatic carbocycles. The quantitative estimate of drug-likeness (QED) is 0.377. The van der Waals surface area contributed by atoms with E-state index in [0.717, 1.165) is 10.9 Å². The number of nitrogens with zero attached hydrogens (tertiary/aromatic N) is 1. The van der Waals surface area contributed by atoms with Crippen molar-refractivity contribution in [3.8, 4) is 0 Å². The number of nitro groups is 1. The Balaban J connectivity index is 2.07. The largest absolute Gasteiger partial charge is 0.454 e. The van der Waals surface area contributed by atoms with Crippen molar-refractivity contribution in [3.05, 3.63) is 55.8 Å². The Morgan fingerprint density at radius 2 is 2.04 bits per heavy atom. The molecule has 23 heavy (non-hydrogen) atoms. The van der Waals surface area contributed by atoms with Crippen LogP contribution < -0.4 is 5.32 Å². The lowest BCUT2D eigenvalue weighted by Crippen LogP contribution is -2.13. The summed E-state index contributed by atoms with van der Waals surface area (Å²) in [6.07, 6.45) is 0. The van der Waals surface area contributed by atoms with Crippen LogP contribution in [-0.2, 0) is 4.74 Å². The summed E-state index contributed by atoms with van der Waals surface area (Å²) in [5, 5.41) is 13.6. The average molecular weight is 334 g/mol. The zero-order valence-electron chi connectivity index (χ0n) is 12.5. The van der Waals surface area contributed by atoms with E-state index in [1.807, 2.05) is 6.92 Å². The van der Waals surface area contributed by atoms with Crippen LogP contribution >= 0.6 is 11.3 Å². The molecule has 2 rings (SSSR count). The van der Waals surface area contributed by atoms with Crippen LogP contribution in [0.15, 0.2) is 30.3 Å². The molecule has 120 valence electrons. The second-order valence-electron chi connectivity index (χ2n) is 4.65. The molecule has 1 N–H and O–H groups in total. The topological polar surface area (TPSA) is 98.5 Å². The van der Waals surface area contributed by atoms with Crippen LogP contribution in [0, 0.1) is 17.0 Å². The summed E-state index contributed by atoms with van der Waals surface area (Å²) in [6, 6.07) is 7.41. The number of carbonyl (C=O) groups excluding carboxylic acids is 2. The first kappa shape index (κ1) is 16.6. The van der Waals surface area contributed by atoms with Crippen LogP contribution in [0.2, 0.25) is 0 Å². The summed E-state index contributed by atoms with van der Waals surface area (Å²) in [4.78, 5) is 35.7. The first-order valence-electron chi connectivity index (χ1n) is 6.65. The van der Waals surface area contributed by atoms with E-state index >= 15 is 0 Å². The van der Waals surface area contributed by atoms with Gasteiger partial charge in [0.1, 0.15) is 5.69 Å². The molecule has 0 fully saturated rings. The fraction of sp³-hybridized carbons (Fsp3) is 0.200. The van der Waals surface area contributed by atoms with Crippen LogP contribution in [0.5, 0.6) is 0 Å². The van der Waals surface area contributed by atoms with E-state index < -0.39 is 17.5 Å². The van der Waals surface area contributed by atoms with Crippen molar-refractivity contribution < 1.29 is 19.2 Å². The molecule has 0 amide bonds. The predicted octanol–water partition coefficient (Wildman–Crippen LogP) is 3.05. The van der Waals surface area contributed by atoms with Crippen molar-refractivity contribution in [2.75, 3.05) is 19.0 Å². The minimum absolute atomic E-state index is 0.0193. The number of Topliss-reactive ketones (excluding diaryl/α,β-unsaturated/α-hetero) is 1. The van der Waals surface area contributed by atoms with Crippen molar-refractivity contribution in [3.63, 3.8) is 0 Å². The Hall–Kier alpha value is -2.74. The van der Waals surface area contributed by atoms with E-state index in [1.165, 1.54) is 23.5 Å². The number of nitrogens with one attached hydrogen (secondary N) is 1. The smallest absolute Gasteiger partial charge is 0.338 e. The van der Waals surface area contributed by atoms with Crippen molar-refractivity contribution >= 4 is 34.5 Å². The Bertz CT molecular complexity index is 769. The number of hydrogen-bond donors (Lipinski definition) is 1. The summed E-state index contributed by atoms with van der Waals surface area (Å²) in [7, 11) is 1.54. The maximum Gasteiger partial charge on any atom is 0.338 e. The first-order valence-corrected chi connectivity index (χ1v) is 7.47. The minimum atomic E-state index is -0.780. The number of thiophene rings is 1. The summed E-state index contributed by atoms with van der Waals surface area (Å²) in [5.74, 6) is -1.09. The van der Waals surface area contributed by atoms with E-state index in [0.29, 0.717) is 4.88 Å². The van der Waals surface area contributed by atoms with Crippen molar-refractivity contribution in [2.45, 2.75) is 6.92 Å². The van der Waals surface area contributed by atoms with E-state index in [1.54, 1.807) is 19.2 Å². The third-order valence-electron chi connectivity index (χ3n) is 3.05. The van der Waals surface area contributed by atoms with E-state index in [9.17, 15) is 19.7 Å². The number of esters is 1. The molecule has 1 aromatic heterocycles. The van der Waals surface area contributed by atoms with E-state index in [-0.39, 0.29) is 22.7 Å². The highest BCUT2D eigenvalue weighted by Crippen LogP contribution is 2.25. The number of ketones is 1. The molecule has 0 aliphatic rings. The van der Waals surface area contributed by atoms with E-state index in [2.05, 4.69) is 5.32 Å². The Labute approximate surface area is 136 Å². The molecule has 0 aliphatic heterocycles. The highest BCUT2D eigenvalue weighted by Gasteiger charge is 2.19. The van der Waals surface area contributed by atoms with Crippen LogP contribution in [0.4, 0.5) is 11.4 Å². The molecular weight excluding hydrogens is 320 g/mol. The van der Waals surface area contributed by atoms with Gasteiger partial charge >= 0.3 is 5.97 Å². The Morgan fingerprint density at radius 3 is 2.61 bits per heavy atom. The van der Waals surface area contributed by atoms with Gasteiger partial charge < -0.3 is 10.1 Å². The van der Waals surface area contributed by atoms with Gasteiger partial charge in [0.05, 0.1) is 15.4 Å². The maximum absolute atomic E-state index is 11.9. The molecule has 1 heterocycles. The fourth-order valence-electron chi connectivity index (χ4n) is 1.89. The summed E-state index contributed by atoms with van der Waals surface area (Å²) < 4.78 is 4.94. The average Bonchev–Trinajstić information content (AvgIpc) is 2.98. The Kier molecular flexibility index (Phi) is 5.07. The molecule has 8 heteroatoms. The number of carbonyl (C=O) groups is 2. The third kappa shape index (κ3) is 3.92. The monoisotopic (exact) mass is 334 g/mol. The van der Waals surface area contributed by atoms with Crippen molar-refractivity contribution in [2.24, 2.45) is 0 Å². The molecule has 7 nitrogen and oxygen atoms in total. The highest BCUT2D eigenvalue weighted by molar-refractivity contribution is 7.14. The second-order valence-corrected chi connectivity index (χ2v) is 5.94. The van der Waals surface area contributed by atoms with Crippen LogP contribution in [0.3, 0.4) is 0 Å². The molecule has 0 unspecified atom stereocenters. The number of aryl methyl sites for hydroxylation is 1. The zero-order chi connectivity index (χ0) is 17.0. The lowest BCUT2D eigenvalue weighted by Gasteiger charge is -2.06. The zero-order valence-corrected chi connectivity index (χ0v) is 13.3. The van der Waals surface area contributed by atoms with Crippen LogP contribution in [-0.4, -0.2) is 30.3 Å². The molecule has 0 spiro atoms. The second kappa shape index (κ2) is 7.01. The number of anilines is 1. The molecule has 0 saturated heterocycles. The number of hydrogen-bond acceptors (Lipinski definition) is 7. The van der Waals surface area contributed by atoms with Gasteiger partial charge in [-0.15, -0.1) is 11.3 Å². The number of benzene rings is 1. The van der Waals surface area contributed by atoms with Crippen molar-refractivity contribution in [1.29, 1.82) is 0 Å². The SMILES string of the molecule is CNc1ccc(C(=O)OCC(=O)c2ccc(C)s2)cc1[N+](=O)[O-]. The molecule has 0 aliphatic carbocycles. The van der Waals surface area contributed by atoms with Gasteiger partial charge in [-0.3, -0.25) is 14.9 Å². The summed E-state index contributed by atoms with van der Waals surface area (Å²) in [5.41, 5.74) is 0.0738. The lowest BCUT2D eigenvalue weighted by atomic mass is 10.1. The maximum atomic E-state index is 11.9. The number of nitro benzene ring substituents is 1. The normalized spacial score (nSPS) is 10.2. The molecule has 0 bridgehead atoms. The first-order chi connectivity index (χ1) is 10.9. The molecule has 0 atom stereocenters. The highest BCUT2D eigenvalue weighted by atomic mass is 32.1. The van der Waals surface area contributed by atoms with Gasteiger partial charge in [-0.25, -0.2) is 4.79 Å². The van der Waals surface area contributed by atoms with Crippen LogP contribution in [0.1, 0.15) is 24.9 Å². The molecule has 0 saturated carbocycles. The number of rotatable bonds is 6. The van der Waals surface area contributed by atoms with Gasteiger partial charge in [0.25, 0.3) is 5.69 Å². The predicted molar refractivity (Wildman–Crippen MR) is 86.3 cm³/mol. The standard InChI is InChI=1S/C15H14N2O5S/c1-9-3-6-14(23-9)13(18)8-22-15(19)10-4-5-11(16-2)12(7-10)17(20)21/h3-7,16H,8H2,1-2H3. The van der Waals surface area contributed by atoms with Crippen LogP contribution in [0.25, 0.3) is 0 Å². The summed E-state index contributed by atoms with van der Waals surface area (Å²) in [6.45, 7) is 1.47. The molecule has 2 aromatic rings. The van der Waals surface area contributed by atoms with Gasteiger partial charge in [-0.05, 0) is 31.2 Å². The Morgan fingerprint density at radius 1 is 1.30 bits per heavy atom. The van der Waals surface area contributed by atoms with Gasteiger partial charge in [0.15, 0.2) is 6.61 Å². The fourth-order valence-corrected chi connectivity index (χ4v) is 2.68. The van der Waals surface area contributed by atoms with Crippen molar-refractivity contribution in [1.82, 2.24) is 0 Å². The summed E-state index contributed by atoms with van der Waals surface area (Å²) >= 11 is 1.32. The minimum Gasteiger partial charge on any atom is -0.454 e. The van der Waals surface area contributed by atoms with Gasteiger partial charge in [-0.2, -0.15) is 0 Å². The van der Waals surface area contributed by atoms with Gasteiger partial charge in [0.2, 0.25) is 5.78 Å². The van der Waals surface area contributed by atoms with Gasteiger partial charge in [0, 0.05) is 18.0 Å². The molecule has 0 radical (unpaired) electrons.